The van der Waals surface area contributed by atoms with E-state index in [2.05, 4.69) is 25.5 Å². The normalized spacial score (nSPS) is 12.1. The van der Waals surface area contributed by atoms with Crippen molar-refractivity contribution in [2.75, 3.05) is 12.5 Å². The third-order valence-electron chi connectivity index (χ3n) is 0.737. The number of allylic oxidation sites excluding steroid dienone is 1. The van der Waals surface area contributed by atoms with Crippen molar-refractivity contribution in [3.63, 3.8) is 0 Å². The van der Waals surface area contributed by atoms with Gasteiger partial charge in [0.25, 0.3) is 0 Å². The van der Waals surface area contributed by atoms with Crippen LogP contribution in [0.2, 0.25) is 0 Å². The molecule has 0 heterocycles. The van der Waals surface area contributed by atoms with E-state index >= 15 is 0 Å². The van der Waals surface area contributed by atoms with Gasteiger partial charge < -0.3 is 0 Å². The highest BCUT2D eigenvalue weighted by Crippen LogP contribution is 2.34. The fourth-order valence-electron chi connectivity index (χ4n) is 0.400. The highest BCUT2D eigenvalue weighted by atomic mass is 33.1. The lowest BCUT2D eigenvalue weighted by molar-refractivity contribution is 1.23. The Morgan fingerprint density at radius 1 is 1.44 bits per heavy atom. The Morgan fingerprint density at radius 3 is 2.44 bits per heavy atom. The number of rotatable bonds is 4. The molecule has 0 aromatic carbocycles. The molecule has 0 nitrogen and oxygen atoms in total. The van der Waals surface area contributed by atoms with Crippen molar-refractivity contribution in [2.45, 2.75) is 13.3 Å². The van der Waals surface area contributed by atoms with Crippen molar-refractivity contribution in [2.24, 2.45) is 0 Å². The molecule has 0 aliphatic heterocycles. The minimum absolute atomic E-state index is 1.14. The van der Waals surface area contributed by atoms with Crippen LogP contribution in [-0.2, 0) is 0 Å². The first-order valence-corrected chi connectivity index (χ1v) is 6.58. The van der Waals surface area contributed by atoms with E-state index in [0.717, 1.165) is 6.42 Å². The van der Waals surface area contributed by atoms with Crippen LogP contribution in [0.25, 0.3) is 0 Å². The summed E-state index contributed by atoms with van der Waals surface area (Å²) in [6, 6.07) is 0. The molecule has 0 radical (unpaired) electrons. The minimum Gasteiger partial charge on any atom is -0.122 e. The number of thioether (sulfide) groups is 1. The van der Waals surface area contributed by atoms with E-state index in [4.69, 9.17) is 0 Å². The minimum atomic E-state index is 1.14. The van der Waals surface area contributed by atoms with E-state index < -0.39 is 0 Å². The predicted octanol–water partition coefficient (Wildman–Crippen LogP) is 3.61. The first-order chi connectivity index (χ1) is 4.35. The molecule has 0 saturated heterocycles. The highest BCUT2D eigenvalue weighted by molar-refractivity contribution is 8.79. The summed E-state index contributed by atoms with van der Waals surface area (Å²) in [6.45, 7) is 2.16. The van der Waals surface area contributed by atoms with E-state index in [1.807, 2.05) is 22.6 Å². The van der Waals surface area contributed by atoms with Crippen molar-refractivity contribution >= 4 is 33.3 Å². The zero-order chi connectivity index (χ0) is 7.11. The Kier molecular flexibility index (Phi) is 7.51. The first-order valence-electron chi connectivity index (χ1n) is 2.80. The topological polar surface area (TPSA) is 0 Å². The van der Waals surface area contributed by atoms with E-state index in [0.29, 0.717) is 0 Å². The molecule has 3 heteroatoms. The summed E-state index contributed by atoms with van der Waals surface area (Å²) >= 11 is 1.82. The maximum atomic E-state index is 2.26. The molecule has 0 spiro atoms. The van der Waals surface area contributed by atoms with Gasteiger partial charge in [0.15, 0.2) is 0 Å². The lowest BCUT2D eigenvalue weighted by Crippen LogP contribution is -1.62. The summed E-state index contributed by atoms with van der Waals surface area (Å²) < 4.78 is 1.42. The van der Waals surface area contributed by atoms with Gasteiger partial charge in [-0.05, 0) is 18.9 Å². The molecule has 0 atom stereocenters. The van der Waals surface area contributed by atoms with Crippen molar-refractivity contribution in [1.82, 2.24) is 0 Å². The molecular weight excluding hydrogens is 168 g/mol. The van der Waals surface area contributed by atoms with E-state index in [1.165, 1.54) is 4.24 Å². The van der Waals surface area contributed by atoms with Crippen molar-refractivity contribution < 1.29 is 0 Å². The maximum absolute atomic E-state index is 2.26. The molecule has 9 heavy (non-hydrogen) atoms. The van der Waals surface area contributed by atoms with Crippen LogP contribution in [0.15, 0.2) is 10.3 Å². The predicted molar refractivity (Wildman–Crippen MR) is 53.0 cm³/mol. The molecule has 0 aromatic rings. The van der Waals surface area contributed by atoms with Crippen LogP contribution in [0.4, 0.5) is 0 Å². The lowest BCUT2D eigenvalue weighted by atomic mass is 10.5. The summed E-state index contributed by atoms with van der Waals surface area (Å²) in [4.78, 5) is 0. The second kappa shape index (κ2) is 6.90. The number of hydrogen-bond acceptors (Lipinski definition) is 3. The average Bonchev–Trinajstić information content (AvgIpc) is 1.88. The second-order valence-electron chi connectivity index (χ2n) is 1.39. The van der Waals surface area contributed by atoms with E-state index in [1.54, 1.807) is 10.8 Å². The molecule has 0 bridgehead atoms. The van der Waals surface area contributed by atoms with Crippen LogP contribution in [0, 0.1) is 0 Å². The van der Waals surface area contributed by atoms with E-state index in [-0.39, 0.29) is 0 Å². The zero-order valence-corrected chi connectivity index (χ0v) is 8.46. The van der Waals surface area contributed by atoms with Crippen molar-refractivity contribution in [1.29, 1.82) is 0 Å². The smallest absolute Gasteiger partial charge is 0.0467 e. The Bertz CT molecular complexity index is 88.3. The maximum Gasteiger partial charge on any atom is 0.0467 e. The molecule has 0 saturated carbocycles. The van der Waals surface area contributed by atoms with Gasteiger partial charge in [0.2, 0.25) is 0 Å². The monoisotopic (exact) mass is 180 g/mol. The van der Waals surface area contributed by atoms with Gasteiger partial charge in [-0.25, -0.2) is 0 Å². The summed E-state index contributed by atoms with van der Waals surface area (Å²) in [5.41, 5.74) is 0. The highest BCUT2D eigenvalue weighted by Gasteiger charge is 1.90. The van der Waals surface area contributed by atoms with Gasteiger partial charge in [0.1, 0.15) is 0 Å². The van der Waals surface area contributed by atoms with Crippen LogP contribution >= 0.6 is 33.3 Å². The van der Waals surface area contributed by atoms with Gasteiger partial charge in [-0.2, -0.15) is 0 Å². The summed E-state index contributed by atoms with van der Waals surface area (Å²) in [6.07, 6.45) is 7.62. The van der Waals surface area contributed by atoms with Gasteiger partial charge in [-0.3, -0.25) is 0 Å². The van der Waals surface area contributed by atoms with Gasteiger partial charge in [-0.1, -0.05) is 34.6 Å². The summed E-state index contributed by atoms with van der Waals surface area (Å²) in [7, 11) is 3.64. The van der Waals surface area contributed by atoms with Crippen LogP contribution < -0.4 is 0 Å². The Morgan fingerprint density at radius 2 is 2.11 bits per heavy atom. The Hall–Kier alpha value is 0.790. The van der Waals surface area contributed by atoms with Gasteiger partial charge in [-0.15, -0.1) is 11.8 Å². The Labute approximate surface area is 69.6 Å². The number of hydrogen-bond donors (Lipinski definition) is 0. The molecule has 0 aliphatic rings. The van der Waals surface area contributed by atoms with Crippen molar-refractivity contribution in [3.05, 3.63) is 10.3 Å². The van der Waals surface area contributed by atoms with Crippen LogP contribution in [0.1, 0.15) is 13.3 Å². The summed E-state index contributed by atoms with van der Waals surface area (Å²) in [5.74, 6) is 0. The molecule has 0 unspecified atom stereocenters. The van der Waals surface area contributed by atoms with Gasteiger partial charge in [0, 0.05) is 4.24 Å². The SMILES string of the molecule is CC/C=C(\SC)SSC. The first kappa shape index (κ1) is 9.79. The average molecular weight is 180 g/mol. The summed E-state index contributed by atoms with van der Waals surface area (Å²) in [5, 5.41) is 0. The van der Waals surface area contributed by atoms with Crippen LogP contribution in [0.5, 0.6) is 0 Å². The second-order valence-corrected chi connectivity index (χ2v) is 4.93. The zero-order valence-electron chi connectivity index (χ0n) is 6.01. The molecule has 0 N–H and O–H groups in total. The molecule has 0 aliphatic carbocycles. The molecular formula is C6H12S3. The van der Waals surface area contributed by atoms with Gasteiger partial charge in [0.05, 0.1) is 0 Å². The fourth-order valence-corrected chi connectivity index (χ4v) is 3.33. The lowest BCUT2D eigenvalue weighted by Gasteiger charge is -1.97. The molecule has 0 amide bonds. The largest absolute Gasteiger partial charge is 0.122 e. The van der Waals surface area contributed by atoms with Crippen LogP contribution in [0.3, 0.4) is 0 Å². The Balaban J connectivity index is 3.53. The van der Waals surface area contributed by atoms with Crippen molar-refractivity contribution in [3.8, 4) is 0 Å². The van der Waals surface area contributed by atoms with Crippen LogP contribution in [-0.4, -0.2) is 12.5 Å². The fraction of sp³-hybridized carbons (Fsp3) is 0.667. The molecule has 0 fully saturated rings. The molecule has 0 rings (SSSR count). The molecule has 54 valence electrons. The third kappa shape index (κ3) is 5.25. The molecule has 0 aromatic heterocycles. The third-order valence-corrected chi connectivity index (χ3v) is 3.91. The standard InChI is InChI=1S/C6H12S3/c1-4-5-6(7-2)9-8-3/h5H,4H2,1-3H3/b6-5+. The van der Waals surface area contributed by atoms with E-state index in [9.17, 15) is 0 Å². The van der Waals surface area contributed by atoms with Gasteiger partial charge >= 0.3 is 0 Å². The quantitative estimate of drug-likeness (QED) is 0.607.